The molecule has 2 aliphatic rings. The Bertz CT molecular complexity index is 311. The minimum Gasteiger partial charge on any atom is -0.343 e. The lowest BCUT2D eigenvalue weighted by Crippen LogP contribution is -2.43. The van der Waals surface area contributed by atoms with Crippen LogP contribution >= 0.6 is 0 Å². The van der Waals surface area contributed by atoms with Crippen molar-refractivity contribution in [3.8, 4) is 0 Å². The topological polar surface area (TPSA) is 46.3 Å². The van der Waals surface area contributed by atoms with Gasteiger partial charge in [0.2, 0.25) is 5.91 Å². The van der Waals surface area contributed by atoms with Crippen LogP contribution in [0.2, 0.25) is 0 Å². The van der Waals surface area contributed by atoms with E-state index in [2.05, 4.69) is 18.7 Å². The first-order valence-corrected chi connectivity index (χ1v) is 8.52. The molecule has 116 valence electrons. The molecule has 3 heteroatoms. The fourth-order valence-corrected chi connectivity index (χ4v) is 4.16. The molecule has 1 saturated carbocycles. The normalized spacial score (nSPS) is 23.5. The third-order valence-electron chi connectivity index (χ3n) is 5.44. The molecular weight excluding hydrogens is 248 g/mol. The van der Waals surface area contributed by atoms with Crippen molar-refractivity contribution >= 4 is 5.91 Å². The molecular formula is C17H32N2O. The van der Waals surface area contributed by atoms with Crippen LogP contribution in [0.3, 0.4) is 0 Å². The molecule has 3 nitrogen and oxygen atoms in total. The summed E-state index contributed by atoms with van der Waals surface area (Å²) < 4.78 is 0. The number of carbonyl (C=O) groups excluding carboxylic acids is 1. The number of piperidine rings is 1. The van der Waals surface area contributed by atoms with Crippen molar-refractivity contribution in [3.05, 3.63) is 0 Å². The average Bonchev–Trinajstić information content (AvgIpc) is 2.86. The summed E-state index contributed by atoms with van der Waals surface area (Å²) in [4.78, 5) is 14.5. The van der Waals surface area contributed by atoms with Crippen LogP contribution in [0, 0.1) is 17.3 Å². The maximum Gasteiger partial charge on any atom is 0.222 e. The molecule has 1 heterocycles. The van der Waals surface area contributed by atoms with Crippen molar-refractivity contribution in [2.45, 2.75) is 65.2 Å². The van der Waals surface area contributed by atoms with Gasteiger partial charge in [0.15, 0.2) is 0 Å². The van der Waals surface area contributed by atoms with Gasteiger partial charge in [-0.2, -0.15) is 0 Å². The number of nitrogens with zero attached hydrogens (tertiary/aromatic N) is 1. The van der Waals surface area contributed by atoms with Crippen LogP contribution in [-0.2, 0) is 4.79 Å². The number of rotatable bonds is 5. The van der Waals surface area contributed by atoms with E-state index in [1.807, 2.05) is 0 Å². The minimum atomic E-state index is 0.342. The van der Waals surface area contributed by atoms with E-state index in [1.54, 1.807) is 0 Å². The lowest BCUT2D eigenvalue weighted by molar-refractivity contribution is -0.134. The Labute approximate surface area is 124 Å². The Kier molecular flexibility index (Phi) is 5.48. The molecule has 1 unspecified atom stereocenters. The van der Waals surface area contributed by atoms with Gasteiger partial charge in [-0.1, -0.05) is 26.7 Å². The second kappa shape index (κ2) is 6.93. The van der Waals surface area contributed by atoms with Gasteiger partial charge in [0, 0.05) is 19.5 Å². The molecule has 0 radical (unpaired) electrons. The number of carbonyl (C=O) groups is 1. The molecule has 1 atom stereocenters. The molecule has 0 aromatic carbocycles. The summed E-state index contributed by atoms with van der Waals surface area (Å²) in [5, 5.41) is 0. The van der Waals surface area contributed by atoms with E-state index in [-0.39, 0.29) is 0 Å². The van der Waals surface area contributed by atoms with Crippen LogP contribution in [0.1, 0.15) is 65.2 Å². The Morgan fingerprint density at radius 3 is 2.25 bits per heavy atom. The van der Waals surface area contributed by atoms with Gasteiger partial charge in [0.1, 0.15) is 0 Å². The standard InChI is InChI=1S/C17H32N2O/c1-14(2)11-15(13-18)12-16(20)19-9-7-17(8-10-19)5-3-4-6-17/h14-15H,3-13,18H2,1-2H3. The average molecular weight is 280 g/mol. The maximum absolute atomic E-state index is 12.4. The highest BCUT2D eigenvalue weighted by atomic mass is 16.2. The molecule has 0 aromatic rings. The van der Waals surface area contributed by atoms with Crippen molar-refractivity contribution in [3.63, 3.8) is 0 Å². The SMILES string of the molecule is CC(C)CC(CN)CC(=O)N1CCC2(CCCC2)CC1. The molecule has 1 amide bonds. The van der Waals surface area contributed by atoms with E-state index in [4.69, 9.17) is 5.73 Å². The van der Waals surface area contributed by atoms with Crippen LogP contribution in [0.15, 0.2) is 0 Å². The van der Waals surface area contributed by atoms with E-state index in [9.17, 15) is 4.79 Å². The predicted octanol–water partition coefficient (Wildman–Crippen LogP) is 3.18. The zero-order chi connectivity index (χ0) is 14.6. The summed E-state index contributed by atoms with van der Waals surface area (Å²) in [5.41, 5.74) is 6.42. The zero-order valence-corrected chi connectivity index (χ0v) is 13.4. The largest absolute Gasteiger partial charge is 0.343 e. The lowest BCUT2D eigenvalue weighted by atomic mass is 9.77. The molecule has 0 bridgehead atoms. The van der Waals surface area contributed by atoms with Gasteiger partial charge in [-0.15, -0.1) is 0 Å². The van der Waals surface area contributed by atoms with Gasteiger partial charge in [0.05, 0.1) is 0 Å². The number of amides is 1. The minimum absolute atomic E-state index is 0.342. The number of hydrogen-bond donors (Lipinski definition) is 1. The third-order valence-corrected chi connectivity index (χ3v) is 5.44. The molecule has 0 aromatic heterocycles. The summed E-state index contributed by atoms with van der Waals surface area (Å²) in [6.45, 7) is 7.02. The Morgan fingerprint density at radius 1 is 1.15 bits per heavy atom. The van der Waals surface area contributed by atoms with Crippen molar-refractivity contribution in [2.75, 3.05) is 19.6 Å². The Hall–Kier alpha value is -0.570. The highest BCUT2D eigenvalue weighted by Crippen LogP contribution is 2.46. The number of likely N-dealkylation sites (tertiary alicyclic amines) is 1. The van der Waals surface area contributed by atoms with Crippen LogP contribution < -0.4 is 5.73 Å². The number of hydrogen-bond acceptors (Lipinski definition) is 2. The summed E-state index contributed by atoms with van der Waals surface area (Å²) in [6.07, 6.45) is 9.78. The first kappa shape index (κ1) is 15.8. The molecule has 1 aliphatic carbocycles. The molecule has 1 spiro atoms. The van der Waals surface area contributed by atoms with E-state index in [1.165, 1.54) is 38.5 Å². The zero-order valence-electron chi connectivity index (χ0n) is 13.4. The van der Waals surface area contributed by atoms with Crippen LogP contribution in [0.4, 0.5) is 0 Å². The van der Waals surface area contributed by atoms with Crippen molar-refractivity contribution < 1.29 is 4.79 Å². The lowest BCUT2D eigenvalue weighted by Gasteiger charge is -2.39. The van der Waals surface area contributed by atoms with E-state index >= 15 is 0 Å². The van der Waals surface area contributed by atoms with Crippen molar-refractivity contribution in [1.82, 2.24) is 4.90 Å². The van der Waals surface area contributed by atoms with Crippen LogP contribution in [-0.4, -0.2) is 30.4 Å². The third kappa shape index (κ3) is 3.97. The van der Waals surface area contributed by atoms with Gasteiger partial charge in [-0.3, -0.25) is 4.79 Å². The summed E-state index contributed by atoms with van der Waals surface area (Å²) in [7, 11) is 0. The van der Waals surface area contributed by atoms with Crippen LogP contribution in [0.5, 0.6) is 0 Å². The molecule has 2 fully saturated rings. The van der Waals surface area contributed by atoms with Crippen molar-refractivity contribution in [1.29, 1.82) is 0 Å². The smallest absolute Gasteiger partial charge is 0.222 e. The van der Waals surface area contributed by atoms with Crippen molar-refractivity contribution in [2.24, 2.45) is 23.0 Å². The van der Waals surface area contributed by atoms with Gasteiger partial charge in [0.25, 0.3) is 0 Å². The van der Waals surface area contributed by atoms with E-state index in [0.29, 0.717) is 36.1 Å². The summed E-state index contributed by atoms with van der Waals surface area (Å²) in [5.74, 6) is 1.33. The molecule has 20 heavy (non-hydrogen) atoms. The highest BCUT2D eigenvalue weighted by molar-refractivity contribution is 5.76. The highest BCUT2D eigenvalue weighted by Gasteiger charge is 2.38. The summed E-state index contributed by atoms with van der Waals surface area (Å²) >= 11 is 0. The monoisotopic (exact) mass is 280 g/mol. The van der Waals surface area contributed by atoms with Crippen LogP contribution in [0.25, 0.3) is 0 Å². The molecule has 1 saturated heterocycles. The van der Waals surface area contributed by atoms with Gasteiger partial charge < -0.3 is 10.6 Å². The molecule has 2 rings (SSSR count). The fraction of sp³-hybridized carbons (Fsp3) is 0.941. The second-order valence-electron chi connectivity index (χ2n) is 7.52. The molecule has 1 aliphatic heterocycles. The van der Waals surface area contributed by atoms with Gasteiger partial charge in [-0.05, 0) is 55.9 Å². The maximum atomic E-state index is 12.4. The quantitative estimate of drug-likeness (QED) is 0.840. The van der Waals surface area contributed by atoms with Gasteiger partial charge >= 0.3 is 0 Å². The number of nitrogens with two attached hydrogens (primary N) is 1. The Morgan fingerprint density at radius 2 is 1.75 bits per heavy atom. The second-order valence-corrected chi connectivity index (χ2v) is 7.52. The van der Waals surface area contributed by atoms with E-state index < -0.39 is 0 Å². The van der Waals surface area contributed by atoms with E-state index in [0.717, 1.165) is 19.5 Å². The van der Waals surface area contributed by atoms with Gasteiger partial charge in [-0.25, -0.2) is 0 Å². The first-order valence-electron chi connectivity index (χ1n) is 8.52. The fourth-order valence-electron chi connectivity index (χ4n) is 4.16. The Balaban J connectivity index is 1.79. The summed E-state index contributed by atoms with van der Waals surface area (Å²) in [6, 6.07) is 0. The molecule has 2 N–H and O–H groups in total. The predicted molar refractivity (Wildman–Crippen MR) is 83.3 cm³/mol. The first-order chi connectivity index (χ1) is 9.54.